The van der Waals surface area contributed by atoms with Crippen molar-refractivity contribution in [3.05, 3.63) is 72.8 Å². The van der Waals surface area contributed by atoms with Crippen molar-refractivity contribution in [1.82, 2.24) is 14.8 Å². The van der Waals surface area contributed by atoms with E-state index in [4.69, 9.17) is 0 Å². The third-order valence-corrected chi connectivity index (χ3v) is 3.79. The van der Waals surface area contributed by atoms with E-state index in [1.165, 1.54) is 0 Å². The van der Waals surface area contributed by atoms with Crippen LogP contribution in [-0.2, 0) is 17.9 Å². The first kappa shape index (κ1) is 16.7. The van der Waals surface area contributed by atoms with E-state index in [0.29, 0.717) is 12.2 Å². The van der Waals surface area contributed by atoms with Crippen molar-refractivity contribution in [3.63, 3.8) is 0 Å². The van der Waals surface area contributed by atoms with Gasteiger partial charge in [0.05, 0.1) is 18.4 Å². The molecular weight excluding hydrogens is 314 g/mol. The quantitative estimate of drug-likeness (QED) is 0.721. The van der Waals surface area contributed by atoms with E-state index < -0.39 is 0 Å². The largest absolute Gasteiger partial charge is 0.358 e. The highest BCUT2D eigenvalue weighted by atomic mass is 16.2. The lowest BCUT2D eigenvalue weighted by Crippen LogP contribution is -2.32. The number of hydrogen-bond acceptors (Lipinski definition) is 4. The molecule has 2 heterocycles. The van der Waals surface area contributed by atoms with Gasteiger partial charge in [-0.1, -0.05) is 24.3 Å². The maximum absolute atomic E-state index is 12.5. The van der Waals surface area contributed by atoms with Gasteiger partial charge in [0.2, 0.25) is 5.91 Å². The van der Waals surface area contributed by atoms with Gasteiger partial charge in [-0.25, -0.2) is 0 Å². The molecule has 0 aliphatic heterocycles. The van der Waals surface area contributed by atoms with Crippen molar-refractivity contribution < 1.29 is 4.79 Å². The Balaban J connectivity index is 1.71. The van der Waals surface area contributed by atoms with Crippen LogP contribution in [0, 0.1) is 0 Å². The Morgan fingerprint density at radius 3 is 2.68 bits per heavy atom. The number of nitrogens with one attached hydrogen (secondary N) is 1. The second-order valence-corrected chi connectivity index (χ2v) is 5.69. The summed E-state index contributed by atoms with van der Waals surface area (Å²) in [5.41, 5.74) is 2.75. The lowest BCUT2D eigenvalue weighted by atomic mass is 10.2. The fraction of sp³-hybridized carbons (Fsp3) is 0.211. The number of pyridine rings is 1. The summed E-state index contributed by atoms with van der Waals surface area (Å²) in [6.07, 6.45) is 7.05. The molecule has 0 bridgehead atoms. The average Bonchev–Trinajstić information content (AvgIpc) is 3.10. The first-order chi connectivity index (χ1) is 12.2. The van der Waals surface area contributed by atoms with Gasteiger partial charge in [-0.15, -0.1) is 0 Å². The zero-order chi connectivity index (χ0) is 17.5. The van der Waals surface area contributed by atoms with Crippen molar-refractivity contribution in [1.29, 1.82) is 0 Å². The lowest BCUT2D eigenvalue weighted by molar-refractivity contribution is -0.115. The van der Waals surface area contributed by atoms with E-state index in [2.05, 4.69) is 15.4 Å². The first-order valence-corrected chi connectivity index (χ1v) is 8.26. The molecule has 1 amide bonds. The molecule has 0 aliphatic carbocycles. The van der Waals surface area contributed by atoms with Gasteiger partial charge in [0.1, 0.15) is 0 Å². The monoisotopic (exact) mass is 335 g/mol. The molecule has 0 saturated carbocycles. The summed E-state index contributed by atoms with van der Waals surface area (Å²) < 4.78 is 1.78. The Morgan fingerprint density at radius 2 is 2.00 bits per heavy atom. The molecule has 0 fully saturated rings. The zero-order valence-corrected chi connectivity index (χ0v) is 14.2. The average molecular weight is 335 g/mol. The van der Waals surface area contributed by atoms with E-state index >= 15 is 0 Å². The molecule has 0 saturated heterocycles. The summed E-state index contributed by atoms with van der Waals surface area (Å²) in [4.78, 5) is 18.7. The van der Waals surface area contributed by atoms with Crippen LogP contribution in [0.2, 0.25) is 0 Å². The van der Waals surface area contributed by atoms with Crippen LogP contribution in [0.5, 0.6) is 0 Å². The van der Waals surface area contributed by atoms with Crippen LogP contribution in [0.25, 0.3) is 0 Å². The first-order valence-electron chi connectivity index (χ1n) is 8.26. The van der Waals surface area contributed by atoms with Crippen LogP contribution in [0.3, 0.4) is 0 Å². The van der Waals surface area contributed by atoms with Crippen molar-refractivity contribution in [2.24, 2.45) is 0 Å². The summed E-state index contributed by atoms with van der Waals surface area (Å²) in [5, 5.41) is 7.08. The molecule has 3 rings (SSSR count). The van der Waals surface area contributed by atoms with Crippen LogP contribution < -0.4 is 10.2 Å². The standard InChI is InChI=1S/C19H21N5O/c1-2-24-14-17(12-21-24)22-19(25)15-23(18-8-4-3-5-9-18)13-16-7-6-10-20-11-16/h3-12,14H,2,13,15H2,1H3,(H,22,25). The second kappa shape index (κ2) is 8.10. The smallest absolute Gasteiger partial charge is 0.243 e. The van der Waals surface area contributed by atoms with Crippen LogP contribution in [-0.4, -0.2) is 27.2 Å². The number of amides is 1. The fourth-order valence-corrected chi connectivity index (χ4v) is 2.56. The molecule has 25 heavy (non-hydrogen) atoms. The molecule has 0 atom stereocenters. The van der Waals surface area contributed by atoms with Crippen LogP contribution in [0.4, 0.5) is 11.4 Å². The van der Waals surface area contributed by atoms with E-state index in [0.717, 1.165) is 17.8 Å². The van der Waals surface area contributed by atoms with Crippen molar-refractivity contribution in [2.75, 3.05) is 16.8 Å². The Morgan fingerprint density at radius 1 is 1.16 bits per heavy atom. The molecular formula is C19H21N5O. The number of benzene rings is 1. The summed E-state index contributed by atoms with van der Waals surface area (Å²) in [5.74, 6) is -0.0802. The topological polar surface area (TPSA) is 63.1 Å². The molecule has 6 nitrogen and oxygen atoms in total. The summed E-state index contributed by atoms with van der Waals surface area (Å²) in [7, 11) is 0. The maximum atomic E-state index is 12.5. The normalized spacial score (nSPS) is 10.4. The van der Waals surface area contributed by atoms with E-state index in [-0.39, 0.29) is 12.5 Å². The predicted molar refractivity (Wildman–Crippen MR) is 98.3 cm³/mol. The molecule has 1 aromatic carbocycles. The number of carbonyl (C=O) groups is 1. The molecule has 0 aliphatic rings. The van der Waals surface area contributed by atoms with Gasteiger partial charge in [-0.2, -0.15) is 5.10 Å². The third kappa shape index (κ3) is 4.67. The molecule has 3 aromatic rings. The predicted octanol–water partition coefficient (Wildman–Crippen LogP) is 2.94. The van der Waals surface area contributed by atoms with Crippen LogP contribution >= 0.6 is 0 Å². The van der Waals surface area contributed by atoms with Gasteiger partial charge < -0.3 is 10.2 Å². The minimum atomic E-state index is -0.0802. The van der Waals surface area contributed by atoms with Gasteiger partial charge in [0.15, 0.2) is 0 Å². The maximum Gasteiger partial charge on any atom is 0.243 e. The lowest BCUT2D eigenvalue weighted by Gasteiger charge is -2.24. The number of hydrogen-bond donors (Lipinski definition) is 1. The van der Waals surface area contributed by atoms with Gasteiger partial charge >= 0.3 is 0 Å². The van der Waals surface area contributed by atoms with Gasteiger partial charge in [0, 0.05) is 37.4 Å². The number of para-hydroxylation sites is 1. The molecule has 0 unspecified atom stereocenters. The van der Waals surface area contributed by atoms with E-state index in [9.17, 15) is 4.79 Å². The molecule has 2 aromatic heterocycles. The Labute approximate surface area is 147 Å². The fourth-order valence-electron chi connectivity index (χ4n) is 2.56. The summed E-state index contributed by atoms with van der Waals surface area (Å²) in [6.45, 7) is 3.63. The number of carbonyl (C=O) groups excluding carboxylic acids is 1. The van der Waals surface area contributed by atoms with Crippen LogP contribution in [0.1, 0.15) is 12.5 Å². The highest BCUT2D eigenvalue weighted by molar-refractivity contribution is 5.93. The SMILES string of the molecule is CCn1cc(NC(=O)CN(Cc2cccnc2)c2ccccc2)cn1. The third-order valence-electron chi connectivity index (χ3n) is 3.79. The molecule has 0 radical (unpaired) electrons. The highest BCUT2D eigenvalue weighted by Crippen LogP contribution is 2.16. The van der Waals surface area contributed by atoms with Gasteiger partial charge in [0.25, 0.3) is 0 Å². The Kier molecular flexibility index (Phi) is 5.41. The zero-order valence-electron chi connectivity index (χ0n) is 14.2. The highest BCUT2D eigenvalue weighted by Gasteiger charge is 2.13. The number of rotatable bonds is 7. The van der Waals surface area contributed by atoms with Crippen molar-refractivity contribution in [2.45, 2.75) is 20.0 Å². The molecule has 128 valence electrons. The Bertz CT molecular complexity index is 801. The van der Waals surface area contributed by atoms with Crippen molar-refractivity contribution >= 4 is 17.3 Å². The van der Waals surface area contributed by atoms with Gasteiger partial charge in [-0.3, -0.25) is 14.5 Å². The summed E-state index contributed by atoms with van der Waals surface area (Å²) >= 11 is 0. The van der Waals surface area contributed by atoms with Crippen molar-refractivity contribution in [3.8, 4) is 0 Å². The van der Waals surface area contributed by atoms with E-state index in [1.807, 2.05) is 66.7 Å². The van der Waals surface area contributed by atoms with Gasteiger partial charge in [-0.05, 0) is 30.7 Å². The van der Waals surface area contributed by atoms with E-state index in [1.54, 1.807) is 17.1 Å². The second-order valence-electron chi connectivity index (χ2n) is 5.69. The molecule has 6 heteroatoms. The number of aromatic nitrogens is 3. The number of nitrogens with zero attached hydrogens (tertiary/aromatic N) is 4. The Hall–Kier alpha value is -3.15. The van der Waals surface area contributed by atoms with Crippen LogP contribution in [0.15, 0.2) is 67.3 Å². The minimum Gasteiger partial charge on any atom is -0.358 e. The molecule has 0 spiro atoms. The minimum absolute atomic E-state index is 0.0802. The summed E-state index contributed by atoms with van der Waals surface area (Å²) in [6, 6.07) is 13.8. The number of aryl methyl sites for hydroxylation is 1. The molecule has 1 N–H and O–H groups in total. The number of anilines is 2.